The largest absolute Gasteiger partial charge is 0.507 e. The molecule has 11 heteroatoms. The first-order valence-corrected chi connectivity index (χ1v) is 12.8. The maximum atomic E-state index is 15.0. The van der Waals surface area contributed by atoms with Gasteiger partial charge in [-0.1, -0.05) is 71.1 Å². The number of aliphatic hydroxyl groups excluding tert-OH is 1. The number of benzene rings is 2. The van der Waals surface area contributed by atoms with E-state index in [-0.39, 0.29) is 21.8 Å². The maximum absolute atomic E-state index is 15.0. The molecular weight excluding hydrogens is 523 g/mol. The lowest BCUT2D eigenvalue weighted by Gasteiger charge is -2.22. The van der Waals surface area contributed by atoms with E-state index < -0.39 is 29.3 Å². The van der Waals surface area contributed by atoms with Gasteiger partial charge in [0.1, 0.15) is 17.6 Å². The van der Waals surface area contributed by atoms with Crippen molar-refractivity contribution in [3.8, 4) is 0 Å². The van der Waals surface area contributed by atoms with Gasteiger partial charge in [-0.25, -0.2) is 4.39 Å². The molecule has 1 unspecified atom stereocenters. The van der Waals surface area contributed by atoms with E-state index in [4.69, 9.17) is 11.6 Å². The molecule has 3 heterocycles. The van der Waals surface area contributed by atoms with Crippen molar-refractivity contribution in [2.75, 3.05) is 4.90 Å². The molecule has 0 spiro atoms. The van der Waals surface area contributed by atoms with Crippen molar-refractivity contribution in [1.82, 2.24) is 15.2 Å². The number of nitrogens with zero attached hydrogens (tertiary/aromatic N) is 4. The average molecular weight is 539 g/mol. The van der Waals surface area contributed by atoms with Crippen molar-refractivity contribution in [1.29, 1.82) is 0 Å². The van der Waals surface area contributed by atoms with Gasteiger partial charge >= 0.3 is 5.91 Å². The van der Waals surface area contributed by atoms with E-state index in [0.29, 0.717) is 15.1 Å². The molecule has 5 rings (SSSR count). The Kier molecular flexibility index (Phi) is 6.82. The summed E-state index contributed by atoms with van der Waals surface area (Å²) in [4.78, 5) is 31.3. The minimum absolute atomic E-state index is 0.0489. The summed E-state index contributed by atoms with van der Waals surface area (Å²) < 4.78 is 15.5. The zero-order valence-corrected chi connectivity index (χ0v) is 20.7. The number of pyridine rings is 1. The van der Waals surface area contributed by atoms with E-state index in [9.17, 15) is 19.1 Å². The van der Waals surface area contributed by atoms with Crippen LogP contribution in [-0.2, 0) is 15.3 Å². The SMILES string of the molecule is O=C1C(=O)N(c2nnc(SCc3ccccc3Cl)s2)C(c2ccccc2F)/C1=C(\O)c1ccncc1. The van der Waals surface area contributed by atoms with Crippen molar-refractivity contribution in [2.45, 2.75) is 16.1 Å². The number of carbonyl (C=O) groups is 2. The highest BCUT2D eigenvalue weighted by Gasteiger charge is 2.49. The average Bonchev–Trinajstić information content (AvgIpc) is 3.46. The zero-order valence-electron chi connectivity index (χ0n) is 18.3. The lowest BCUT2D eigenvalue weighted by atomic mass is 9.95. The number of hydrogen-bond acceptors (Lipinski definition) is 8. The molecule has 7 nitrogen and oxygen atoms in total. The number of hydrogen-bond donors (Lipinski definition) is 1. The number of aromatic nitrogens is 3. The van der Waals surface area contributed by atoms with Crippen LogP contribution in [0.25, 0.3) is 5.76 Å². The molecule has 0 saturated carbocycles. The third-order valence-electron chi connectivity index (χ3n) is 5.51. The summed E-state index contributed by atoms with van der Waals surface area (Å²) in [6.07, 6.45) is 2.88. The van der Waals surface area contributed by atoms with Gasteiger partial charge in [-0.3, -0.25) is 19.5 Å². The Morgan fingerprint density at radius 1 is 1.06 bits per heavy atom. The first kappa shape index (κ1) is 24.1. The number of halogens is 2. The second-order valence-corrected chi connectivity index (χ2v) is 10.2. The van der Waals surface area contributed by atoms with Crippen LogP contribution in [0.3, 0.4) is 0 Å². The summed E-state index contributed by atoms with van der Waals surface area (Å²) in [6.45, 7) is 0. The zero-order chi connectivity index (χ0) is 25.2. The Bertz CT molecular complexity index is 1500. The Morgan fingerprint density at radius 2 is 1.78 bits per heavy atom. The van der Waals surface area contributed by atoms with Gasteiger partial charge in [-0.15, -0.1) is 10.2 Å². The number of carbonyl (C=O) groups excluding carboxylic acids is 2. The Morgan fingerprint density at radius 3 is 2.53 bits per heavy atom. The third kappa shape index (κ3) is 4.50. The number of amides is 1. The highest BCUT2D eigenvalue weighted by atomic mass is 35.5. The van der Waals surface area contributed by atoms with E-state index in [0.717, 1.165) is 21.8 Å². The van der Waals surface area contributed by atoms with Gasteiger partial charge in [0, 0.05) is 34.3 Å². The summed E-state index contributed by atoms with van der Waals surface area (Å²) in [5, 5.41) is 20.0. The smallest absolute Gasteiger partial charge is 0.301 e. The first-order valence-electron chi connectivity index (χ1n) is 10.6. The van der Waals surface area contributed by atoms with Crippen LogP contribution in [-0.4, -0.2) is 32.0 Å². The second-order valence-electron chi connectivity index (χ2n) is 7.66. The Balaban J connectivity index is 1.55. The summed E-state index contributed by atoms with van der Waals surface area (Å²) in [5.41, 5.74) is 0.993. The standard InChI is InChI=1S/C25H16ClFN4O3S2/c26-17-7-3-1-5-15(17)13-35-25-30-29-24(36-25)31-20(16-6-2-4-8-18(16)27)19(22(33)23(31)34)21(32)14-9-11-28-12-10-14/h1-12,20,32H,13H2/b21-19+. The molecule has 0 bridgehead atoms. The number of ketones is 1. The normalized spacial score (nSPS) is 17.1. The molecule has 1 aliphatic heterocycles. The fourth-order valence-electron chi connectivity index (χ4n) is 3.80. The molecule has 0 aliphatic carbocycles. The molecule has 0 radical (unpaired) electrons. The van der Waals surface area contributed by atoms with Gasteiger partial charge in [-0.2, -0.15) is 0 Å². The number of rotatable bonds is 6. The van der Waals surface area contributed by atoms with Crippen LogP contribution in [0.5, 0.6) is 0 Å². The number of thioether (sulfide) groups is 1. The number of aliphatic hydroxyl groups is 1. The van der Waals surface area contributed by atoms with E-state index in [2.05, 4.69) is 15.2 Å². The van der Waals surface area contributed by atoms with Crippen LogP contribution in [0.4, 0.5) is 9.52 Å². The second kappa shape index (κ2) is 10.2. The predicted octanol–water partition coefficient (Wildman–Crippen LogP) is 5.64. The van der Waals surface area contributed by atoms with Crippen LogP contribution in [0, 0.1) is 5.82 Å². The molecule has 1 aliphatic rings. The van der Waals surface area contributed by atoms with Gasteiger partial charge in [0.15, 0.2) is 4.34 Å². The van der Waals surface area contributed by atoms with Crippen molar-refractivity contribution in [3.05, 3.63) is 106 Å². The minimum Gasteiger partial charge on any atom is -0.507 e. The minimum atomic E-state index is -1.23. The summed E-state index contributed by atoms with van der Waals surface area (Å²) in [7, 11) is 0. The van der Waals surface area contributed by atoms with Gasteiger partial charge in [0.2, 0.25) is 5.13 Å². The molecule has 1 saturated heterocycles. The van der Waals surface area contributed by atoms with Crippen molar-refractivity contribution in [2.24, 2.45) is 0 Å². The molecular formula is C25H16ClFN4O3S2. The van der Waals surface area contributed by atoms with Gasteiger partial charge in [0.25, 0.3) is 5.78 Å². The summed E-state index contributed by atoms with van der Waals surface area (Å²) >= 11 is 8.69. The molecule has 1 atom stereocenters. The molecule has 180 valence electrons. The fraction of sp³-hybridized carbons (Fsp3) is 0.0800. The summed E-state index contributed by atoms with van der Waals surface area (Å²) in [6, 6.07) is 15.0. The lowest BCUT2D eigenvalue weighted by Crippen LogP contribution is -2.29. The summed E-state index contributed by atoms with van der Waals surface area (Å²) in [5.74, 6) is -2.42. The van der Waals surface area contributed by atoms with Crippen LogP contribution in [0.1, 0.15) is 22.7 Å². The molecule has 4 aromatic rings. The lowest BCUT2D eigenvalue weighted by molar-refractivity contribution is -0.132. The van der Waals surface area contributed by atoms with Crippen molar-refractivity contribution in [3.63, 3.8) is 0 Å². The molecule has 36 heavy (non-hydrogen) atoms. The van der Waals surface area contributed by atoms with Gasteiger partial charge in [0.05, 0.1) is 5.57 Å². The van der Waals surface area contributed by atoms with E-state index in [1.807, 2.05) is 18.2 Å². The Hall–Kier alpha value is -3.60. The first-order chi connectivity index (χ1) is 17.5. The van der Waals surface area contributed by atoms with E-state index >= 15 is 0 Å². The quantitative estimate of drug-likeness (QED) is 0.111. The molecule has 2 aromatic heterocycles. The van der Waals surface area contributed by atoms with Crippen molar-refractivity contribution >= 4 is 57.3 Å². The van der Waals surface area contributed by atoms with Crippen molar-refractivity contribution < 1.29 is 19.1 Å². The van der Waals surface area contributed by atoms with Crippen LogP contribution in [0.15, 0.2) is 83.0 Å². The van der Waals surface area contributed by atoms with Crippen LogP contribution < -0.4 is 4.90 Å². The molecule has 1 amide bonds. The molecule has 1 fully saturated rings. The molecule has 2 aromatic carbocycles. The topological polar surface area (TPSA) is 96.3 Å². The highest BCUT2D eigenvalue weighted by Crippen LogP contribution is 2.44. The number of Topliss-reactive ketones (excluding diaryl/α,β-unsaturated/α-hetero) is 1. The third-order valence-corrected chi connectivity index (χ3v) is 7.98. The van der Waals surface area contributed by atoms with Crippen LogP contribution in [0.2, 0.25) is 5.02 Å². The Labute approximate surface area is 218 Å². The monoisotopic (exact) mass is 538 g/mol. The fourth-order valence-corrected chi connectivity index (χ4v) is 5.95. The number of anilines is 1. The van der Waals surface area contributed by atoms with E-state index in [1.54, 1.807) is 12.1 Å². The van der Waals surface area contributed by atoms with E-state index in [1.165, 1.54) is 54.5 Å². The van der Waals surface area contributed by atoms with Gasteiger partial charge in [-0.05, 0) is 29.8 Å². The highest BCUT2D eigenvalue weighted by molar-refractivity contribution is 8.00. The van der Waals surface area contributed by atoms with Crippen LogP contribution >= 0.6 is 34.7 Å². The predicted molar refractivity (Wildman–Crippen MR) is 136 cm³/mol. The maximum Gasteiger partial charge on any atom is 0.301 e. The van der Waals surface area contributed by atoms with Gasteiger partial charge < -0.3 is 5.11 Å². The molecule has 1 N–H and O–H groups in total.